The van der Waals surface area contributed by atoms with E-state index >= 15 is 0 Å². The number of nitrogens with zero attached hydrogens (tertiary/aromatic N) is 3. The summed E-state index contributed by atoms with van der Waals surface area (Å²) in [6.07, 6.45) is -6.30. The summed E-state index contributed by atoms with van der Waals surface area (Å²) < 4.78 is 64.5. The molecular weight excluding hydrogens is 809 g/mol. The van der Waals surface area contributed by atoms with Crippen LogP contribution in [0.4, 0.5) is 8.78 Å². The Morgan fingerprint density at radius 1 is 1.03 bits per heavy atom. The van der Waals surface area contributed by atoms with E-state index in [-0.39, 0.29) is 31.6 Å². The van der Waals surface area contributed by atoms with E-state index in [0.717, 1.165) is 17.7 Å². The molecule has 16 heteroatoms. The maximum Gasteiger partial charge on any atom is 0.312 e. The maximum atomic E-state index is 14.2. The fourth-order valence-corrected chi connectivity index (χ4v) is 8.14. The van der Waals surface area contributed by atoms with Gasteiger partial charge in [-0.3, -0.25) is 14.5 Å². The first-order valence-corrected chi connectivity index (χ1v) is 21.1. The molecule has 2 aromatic carbocycles. The van der Waals surface area contributed by atoms with Gasteiger partial charge in [-0.05, 0) is 115 Å². The Morgan fingerprint density at radius 2 is 1.65 bits per heavy atom. The van der Waals surface area contributed by atoms with E-state index < -0.39 is 102 Å². The third kappa shape index (κ3) is 13.8. The molecule has 2 aromatic rings. The van der Waals surface area contributed by atoms with E-state index in [9.17, 15) is 33.7 Å². The van der Waals surface area contributed by atoms with Gasteiger partial charge in [-0.1, -0.05) is 27.7 Å². The minimum atomic E-state index is -2.01. The quantitative estimate of drug-likeness (QED) is 0.0813. The van der Waals surface area contributed by atoms with Crippen molar-refractivity contribution < 1.29 is 62.1 Å². The summed E-state index contributed by atoms with van der Waals surface area (Å²) >= 11 is 0. The Morgan fingerprint density at radius 3 is 2.19 bits per heavy atom. The number of hydrogen-bond donors (Lipinski definition) is 3. The largest absolute Gasteiger partial charge is 0.497 e. The minimum Gasteiger partial charge on any atom is -0.497 e. The first kappa shape index (κ1) is 52.4. The molecule has 3 rings (SSSR count). The van der Waals surface area contributed by atoms with Crippen LogP contribution < -0.4 is 4.74 Å². The Balaban J connectivity index is 2.22. The molecule has 0 bridgehead atoms. The summed E-state index contributed by atoms with van der Waals surface area (Å²) in [6.45, 7) is 15.0. The fourth-order valence-electron chi connectivity index (χ4n) is 8.14. The third-order valence-electron chi connectivity index (χ3n) is 12.1. The molecule has 0 spiro atoms. The number of hydrogen-bond acceptors (Lipinski definition) is 14. The van der Waals surface area contributed by atoms with Crippen molar-refractivity contribution in [3.63, 3.8) is 0 Å². The molecule has 1 aliphatic rings. The summed E-state index contributed by atoms with van der Waals surface area (Å²) in [5, 5.41) is 43.8. The molecular formula is C46H69F2N3O11. The molecule has 3 N–H and O–H groups in total. The van der Waals surface area contributed by atoms with E-state index in [2.05, 4.69) is 5.10 Å². The molecule has 0 aromatic heterocycles. The van der Waals surface area contributed by atoms with Crippen molar-refractivity contribution in [2.75, 3.05) is 35.1 Å². The van der Waals surface area contributed by atoms with Gasteiger partial charge >= 0.3 is 11.9 Å². The number of rotatable bonds is 15. The zero-order valence-electron chi connectivity index (χ0n) is 38.6. The van der Waals surface area contributed by atoms with Gasteiger partial charge in [0.2, 0.25) is 0 Å². The standard InChI is InChI=1S/C46H69F2N3O11/c1-14-37-46(9,56)42(54)28(4)40(50-49-31(7)33-15-17-36(57-12)18-16-33)26(2)24-45(8,58-13)43(60-25-59-27(3)19-38(52)51(10)11)29(5)41(30(6)44(55)61-37)62-39(53)22-32-20-34(47)23-35(48)21-32/h15-18,20-21,23,26-30,37-38,41-43,52,54,56H,14,19,22,24-25H2,1-13H3. The number of methoxy groups -OCH3 is 2. The number of carbonyl (C=O) groups excluding carboxylic acids is 2. The van der Waals surface area contributed by atoms with E-state index in [4.69, 9.17) is 33.5 Å². The van der Waals surface area contributed by atoms with E-state index in [1.54, 1.807) is 79.8 Å². The lowest BCUT2D eigenvalue weighted by atomic mass is 9.73. The van der Waals surface area contributed by atoms with Crippen LogP contribution in [-0.2, 0) is 39.7 Å². The van der Waals surface area contributed by atoms with Crippen LogP contribution in [0.3, 0.4) is 0 Å². The number of esters is 2. The van der Waals surface area contributed by atoms with Gasteiger partial charge in [0.05, 0.1) is 49.1 Å². The molecule has 0 saturated carbocycles. The lowest BCUT2D eigenvalue weighted by Gasteiger charge is -2.45. The average molecular weight is 878 g/mol. The third-order valence-corrected chi connectivity index (χ3v) is 12.1. The predicted molar refractivity (Wildman–Crippen MR) is 231 cm³/mol. The zero-order valence-corrected chi connectivity index (χ0v) is 38.6. The Bertz CT molecular complexity index is 1810. The van der Waals surface area contributed by atoms with E-state index in [0.29, 0.717) is 23.2 Å². The number of aliphatic hydroxyl groups excluding tert-OH is 2. The van der Waals surface area contributed by atoms with Crippen LogP contribution >= 0.6 is 0 Å². The molecule has 0 amide bonds. The monoisotopic (exact) mass is 877 g/mol. The normalized spacial score (nSPS) is 31.0. The van der Waals surface area contributed by atoms with Gasteiger partial charge in [0, 0.05) is 37.1 Å². The number of ether oxygens (including phenoxy) is 6. The minimum absolute atomic E-state index is 0.0174. The predicted octanol–water partition coefficient (Wildman–Crippen LogP) is 6.10. The van der Waals surface area contributed by atoms with Gasteiger partial charge in [0.15, 0.2) is 0 Å². The highest BCUT2D eigenvalue weighted by atomic mass is 19.1. The summed E-state index contributed by atoms with van der Waals surface area (Å²) in [5.74, 6) is -6.24. The molecule has 348 valence electrons. The number of cyclic esters (lactones) is 1. The van der Waals surface area contributed by atoms with Crippen molar-refractivity contribution >= 4 is 23.4 Å². The van der Waals surface area contributed by atoms with Gasteiger partial charge in [0.25, 0.3) is 0 Å². The Hall–Kier alpha value is -3.90. The SMILES string of the molecule is CCC1OC(=O)C(C)C(OC(=O)Cc2cc(F)cc(F)c2)C(C)C(OCOC(C)CC(O)N(C)C)C(C)(OC)CC(C)C(=NN=C(C)c2ccc(OC)cc2)C(C)C(O)C1(C)O. The van der Waals surface area contributed by atoms with Crippen LogP contribution in [-0.4, -0.2) is 127 Å². The fraction of sp³-hybridized carbons (Fsp3) is 0.652. The summed E-state index contributed by atoms with van der Waals surface area (Å²) in [7, 11) is 6.54. The number of carbonyl (C=O) groups is 2. The maximum absolute atomic E-state index is 14.2. The summed E-state index contributed by atoms with van der Waals surface area (Å²) in [5.41, 5.74) is -1.52. The first-order chi connectivity index (χ1) is 29.0. The second-order valence-electron chi connectivity index (χ2n) is 17.3. The molecule has 62 heavy (non-hydrogen) atoms. The topological polar surface area (TPSA) is 178 Å². The molecule has 12 unspecified atom stereocenters. The van der Waals surface area contributed by atoms with Crippen molar-refractivity contribution in [2.45, 2.75) is 136 Å². The van der Waals surface area contributed by atoms with Gasteiger partial charge in [-0.15, -0.1) is 0 Å². The lowest BCUT2D eigenvalue weighted by Crippen LogP contribution is -2.58. The highest BCUT2D eigenvalue weighted by Crippen LogP contribution is 2.39. The van der Waals surface area contributed by atoms with E-state index in [1.165, 1.54) is 21.0 Å². The van der Waals surface area contributed by atoms with Crippen LogP contribution in [0.5, 0.6) is 5.75 Å². The Kier molecular flexibility index (Phi) is 19.6. The number of benzene rings is 2. The molecule has 1 fully saturated rings. The first-order valence-electron chi connectivity index (χ1n) is 21.1. The average Bonchev–Trinajstić information content (AvgIpc) is 3.21. The van der Waals surface area contributed by atoms with Crippen LogP contribution in [0.25, 0.3) is 0 Å². The molecule has 0 aliphatic carbocycles. The Labute approximate surface area is 365 Å². The highest BCUT2D eigenvalue weighted by molar-refractivity contribution is 5.99. The number of halogens is 2. The van der Waals surface area contributed by atoms with Crippen LogP contribution in [0.15, 0.2) is 52.7 Å². The molecule has 12 atom stereocenters. The van der Waals surface area contributed by atoms with Crippen molar-refractivity contribution in [2.24, 2.45) is 33.9 Å². The molecule has 1 heterocycles. The smallest absolute Gasteiger partial charge is 0.312 e. The van der Waals surface area contributed by atoms with Crippen molar-refractivity contribution in [1.82, 2.24) is 4.90 Å². The second-order valence-corrected chi connectivity index (χ2v) is 17.3. The highest BCUT2D eigenvalue weighted by Gasteiger charge is 2.51. The lowest BCUT2D eigenvalue weighted by molar-refractivity contribution is -0.219. The molecule has 1 saturated heterocycles. The van der Waals surface area contributed by atoms with Crippen molar-refractivity contribution in [1.29, 1.82) is 0 Å². The summed E-state index contributed by atoms with van der Waals surface area (Å²) in [4.78, 5) is 29.5. The second kappa shape index (κ2) is 23.2. The summed E-state index contributed by atoms with van der Waals surface area (Å²) in [6, 6.07) is 10.0. The van der Waals surface area contributed by atoms with Gasteiger partial charge in [-0.2, -0.15) is 10.2 Å². The van der Waals surface area contributed by atoms with Crippen molar-refractivity contribution in [3.8, 4) is 5.75 Å². The van der Waals surface area contributed by atoms with E-state index in [1.807, 2.05) is 19.1 Å². The zero-order chi connectivity index (χ0) is 46.7. The molecule has 0 radical (unpaired) electrons. The molecule has 1 aliphatic heterocycles. The van der Waals surface area contributed by atoms with Gasteiger partial charge in [-0.25, -0.2) is 8.78 Å². The van der Waals surface area contributed by atoms with Gasteiger partial charge < -0.3 is 43.7 Å². The van der Waals surface area contributed by atoms with Crippen LogP contribution in [0, 0.1) is 35.3 Å². The van der Waals surface area contributed by atoms with Crippen LogP contribution in [0.2, 0.25) is 0 Å². The number of aliphatic hydroxyl groups is 3. The van der Waals surface area contributed by atoms with Crippen LogP contribution in [0.1, 0.15) is 92.7 Å². The van der Waals surface area contributed by atoms with Gasteiger partial charge in [0.1, 0.15) is 48.2 Å². The molecule has 14 nitrogen and oxygen atoms in total. The van der Waals surface area contributed by atoms with Crippen molar-refractivity contribution in [3.05, 3.63) is 65.2 Å².